The second-order valence-corrected chi connectivity index (χ2v) is 12.6. The summed E-state index contributed by atoms with van der Waals surface area (Å²) in [5.74, 6) is -1.58. The number of benzene rings is 2. The first-order valence-electron chi connectivity index (χ1n) is 13.3. The van der Waals surface area contributed by atoms with Crippen LogP contribution in [0.1, 0.15) is 38.8 Å². The minimum atomic E-state index is -4.97. The highest BCUT2D eigenvalue weighted by atomic mass is 32.2. The molecule has 3 heterocycles. The number of hydrogen-bond donors (Lipinski definition) is 0. The van der Waals surface area contributed by atoms with Gasteiger partial charge in [-0.3, -0.25) is 9.20 Å². The first-order chi connectivity index (χ1) is 20.7. The quantitative estimate of drug-likeness (QED) is 0.268. The number of fused-ring (bicyclic) bond motifs is 2. The van der Waals surface area contributed by atoms with Gasteiger partial charge in [-0.05, 0) is 68.5 Å². The number of halogens is 4. The standard InChI is InChI=1S/C30H27F4N5O4S/c1-17-14-18(8-11-22(17)31)27-26(36-24-6-5-7-25(43-4)39(24)27)29(40)38(13-12-37(2)3)23-16-44(41,42)28-19(23)9-10-21(20(28)15-35)30(32,33)34/h5-11,14,23H,12-13,16H2,1-4H3. The third-order valence-corrected chi connectivity index (χ3v) is 9.35. The lowest BCUT2D eigenvalue weighted by molar-refractivity contribution is -0.138. The molecule has 5 rings (SSSR count). The molecule has 230 valence electrons. The molecule has 44 heavy (non-hydrogen) atoms. The summed E-state index contributed by atoms with van der Waals surface area (Å²) in [5.41, 5.74) is -1.24. The van der Waals surface area contributed by atoms with Gasteiger partial charge in [-0.15, -0.1) is 0 Å². The number of aromatic nitrogens is 2. The second-order valence-electron chi connectivity index (χ2n) is 10.6. The SMILES string of the molecule is COc1cccc2nc(C(=O)N(CCN(C)C)C3CS(=O)(=O)c4c3ccc(C(F)(F)F)c4C#N)c(-c3ccc(F)c(C)c3)n12. The van der Waals surface area contributed by atoms with Crippen LogP contribution >= 0.6 is 0 Å². The van der Waals surface area contributed by atoms with Gasteiger partial charge in [-0.25, -0.2) is 17.8 Å². The van der Waals surface area contributed by atoms with E-state index in [9.17, 15) is 36.0 Å². The van der Waals surface area contributed by atoms with E-state index in [2.05, 4.69) is 4.98 Å². The van der Waals surface area contributed by atoms with Gasteiger partial charge < -0.3 is 14.5 Å². The van der Waals surface area contributed by atoms with E-state index in [1.165, 1.54) is 30.2 Å². The molecule has 0 spiro atoms. The Kier molecular flexibility index (Phi) is 7.89. The van der Waals surface area contributed by atoms with Crippen LogP contribution < -0.4 is 4.74 Å². The number of hydrogen-bond acceptors (Lipinski definition) is 7. The average Bonchev–Trinajstić information content (AvgIpc) is 3.48. The number of amides is 1. The molecule has 0 aliphatic carbocycles. The van der Waals surface area contributed by atoms with Crippen LogP contribution in [0, 0.1) is 24.1 Å². The number of carbonyl (C=O) groups is 1. The summed E-state index contributed by atoms with van der Waals surface area (Å²) < 4.78 is 89.3. The van der Waals surface area contributed by atoms with Crippen LogP contribution in [0.2, 0.25) is 0 Å². The normalized spacial score (nSPS) is 15.8. The van der Waals surface area contributed by atoms with Gasteiger partial charge in [0.25, 0.3) is 5.91 Å². The van der Waals surface area contributed by atoms with Crippen LogP contribution in [0.3, 0.4) is 0 Å². The topological polar surface area (TPSA) is 108 Å². The summed E-state index contributed by atoms with van der Waals surface area (Å²) >= 11 is 0. The number of sulfone groups is 1. The van der Waals surface area contributed by atoms with Crippen LogP contribution in [0.4, 0.5) is 17.6 Å². The molecule has 4 aromatic rings. The van der Waals surface area contributed by atoms with Crippen molar-refractivity contribution in [2.24, 2.45) is 0 Å². The lowest BCUT2D eigenvalue weighted by atomic mass is 9.99. The van der Waals surface area contributed by atoms with Crippen LogP contribution in [0.5, 0.6) is 5.88 Å². The number of likely N-dealkylation sites (N-methyl/N-ethyl adjacent to an activating group) is 1. The number of nitrogens with zero attached hydrogens (tertiary/aromatic N) is 5. The minimum Gasteiger partial charge on any atom is -0.482 e. The number of rotatable bonds is 7. The maximum Gasteiger partial charge on any atom is 0.417 e. The Morgan fingerprint density at radius 2 is 1.89 bits per heavy atom. The second kappa shape index (κ2) is 11.2. The number of ether oxygens (including phenoxy) is 1. The van der Waals surface area contributed by atoms with Gasteiger partial charge in [0.05, 0.1) is 40.6 Å². The van der Waals surface area contributed by atoms with Gasteiger partial charge in [-0.1, -0.05) is 12.1 Å². The zero-order valence-electron chi connectivity index (χ0n) is 24.1. The van der Waals surface area contributed by atoms with Crippen molar-refractivity contribution in [3.63, 3.8) is 0 Å². The van der Waals surface area contributed by atoms with Crippen molar-refractivity contribution in [1.82, 2.24) is 19.2 Å². The van der Waals surface area contributed by atoms with E-state index in [1.807, 2.05) is 0 Å². The Hall–Kier alpha value is -4.48. The Bertz CT molecular complexity index is 1950. The minimum absolute atomic E-state index is 0.0265. The molecule has 14 heteroatoms. The van der Waals surface area contributed by atoms with E-state index in [0.717, 1.165) is 6.07 Å². The molecule has 0 saturated carbocycles. The van der Waals surface area contributed by atoms with Crippen molar-refractivity contribution in [1.29, 1.82) is 5.26 Å². The molecule has 1 unspecified atom stereocenters. The van der Waals surface area contributed by atoms with E-state index in [1.54, 1.807) is 54.6 Å². The van der Waals surface area contributed by atoms with Gasteiger partial charge >= 0.3 is 6.18 Å². The van der Waals surface area contributed by atoms with Crippen molar-refractivity contribution in [3.05, 3.63) is 82.3 Å². The fourth-order valence-electron chi connectivity index (χ4n) is 5.46. The summed E-state index contributed by atoms with van der Waals surface area (Å²) in [6, 6.07) is 11.1. The predicted molar refractivity (Wildman–Crippen MR) is 152 cm³/mol. The average molecular weight is 630 g/mol. The predicted octanol–water partition coefficient (Wildman–Crippen LogP) is 4.88. The van der Waals surface area contributed by atoms with Gasteiger partial charge in [0.1, 0.15) is 17.5 Å². The summed E-state index contributed by atoms with van der Waals surface area (Å²) in [6.07, 6.45) is -4.97. The number of carbonyl (C=O) groups excluding carboxylic acids is 1. The van der Waals surface area contributed by atoms with Crippen molar-refractivity contribution < 1.29 is 35.5 Å². The Balaban J connectivity index is 1.74. The summed E-state index contributed by atoms with van der Waals surface area (Å²) in [5, 5.41) is 9.65. The molecule has 1 aliphatic heterocycles. The van der Waals surface area contributed by atoms with Crippen molar-refractivity contribution >= 4 is 21.4 Å². The molecule has 1 amide bonds. The van der Waals surface area contributed by atoms with Gasteiger partial charge in [0.15, 0.2) is 21.4 Å². The van der Waals surface area contributed by atoms with Crippen LogP contribution in [0.25, 0.3) is 16.9 Å². The number of alkyl halides is 3. The zero-order valence-corrected chi connectivity index (χ0v) is 24.9. The Morgan fingerprint density at radius 3 is 2.50 bits per heavy atom. The zero-order chi connectivity index (χ0) is 32.1. The molecule has 9 nitrogen and oxygen atoms in total. The van der Waals surface area contributed by atoms with Crippen molar-refractivity contribution in [3.8, 4) is 23.2 Å². The number of pyridine rings is 1. The van der Waals surface area contributed by atoms with Gasteiger partial charge in [0.2, 0.25) is 0 Å². The third-order valence-electron chi connectivity index (χ3n) is 7.53. The highest BCUT2D eigenvalue weighted by Crippen LogP contribution is 2.44. The highest BCUT2D eigenvalue weighted by molar-refractivity contribution is 7.91. The molecular weight excluding hydrogens is 602 g/mol. The summed E-state index contributed by atoms with van der Waals surface area (Å²) in [7, 11) is 0.515. The van der Waals surface area contributed by atoms with E-state index < -0.39 is 55.6 Å². The third kappa shape index (κ3) is 5.26. The lowest BCUT2D eigenvalue weighted by Crippen LogP contribution is -2.40. The molecule has 0 bridgehead atoms. The fourth-order valence-corrected chi connectivity index (χ4v) is 7.43. The summed E-state index contributed by atoms with van der Waals surface area (Å²) in [4.78, 5) is 21.4. The van der Waals surface area contributed by atoms with Crippen LogP contribution in [-0.4, -0.2) is 73.6 Å². The van der Waals surface area contributed by atoms with E-state index in [4.69, 9.17) is 4.74 Å². The monoisotopic (exact) mass is 629 g/mol. The molecular formula is C30H27F4N5O4S. The molecule has 1 atom stereocenters. The smallest absolute Gasteiger partial charge is 0.417 e. The molecule has 0 radical (unpaired) electrons. The first kappa shape index (κ1) is 31.0. The van der Waals surface area contributed by atoms with E-state index in [-0.39, 0.29) is 30.0 Å². The molecule has 2 aromatic heterocycles. The van der Waals surface area contributed by atoms with E-state index >= 15 is 0 Å². The van der Waals surface area contributed by atoms with E-state index in [0.29, 0.717) is 28.7 Å². The lowest BCUT2D eigenvalue weighted by Gasteiger charge is -2.30. The van der Waals surface area contributed by atoms with Crippen molar-refractivity contribution in [2.75, 3.05) is 40.0 Å². The Labute approximate surface area is 250 Å². The van der Waals surface area contributed by atoms with Gasteiger partial charge in [0, 0.05) is 18.7 Å². The molecule has 0 fully saturated rings. The maximum atomic E-state index is 14.5. The van der Waals surface area contributed by atoms with Crippen LogP contribution in [-0.2, 0) is 16.0 Å². The highest BCUT2D eigenvalue weighted by Gasteiger charge is 2.46. The molecule has 0 N–H and O–H groups in total. The Morgan fingerprint density at radius 1 is 1.16 bits per heavy atom. The summed E-state index contributed by atoms with van der Waals surface area (Å²) in [6.45, 7) is 1.80. The largest absolute Gasteiger partial charge is 0.482 e. The number of aryl methyl sites for hydroxylation is 1. The molecule has 0 saturated heterocycles. The first-order valence-corrected chi connectivity index (χ1v) is 15.0. The number of methoxy groups -OCH3 is 1. The number of nitriles is 1. The fraction of sp³-hybridized carbons (Fsp3) is 0.300. The molecule has 2 aromatic carbocycles. The molecule has 1 aliphatic rings. The number of imidazole rings is 1. The maximum absolute atomic E-state index is 14.5. The van der Waals surface area contributed by atoms with Crippen molar-refractivity contribution in [2.45, 2.75) is 24.0 Å². The van der Waals surface area contributed by atoms with Gasteiger partial charge in [-0.2, -0.15) is 18.4 Å². The van der Waals surface area contributed by atoms with Crippen LogP contribution in [0.15, 0.2) is 53.4 Å².